The zero-order valence-electron chi connectivity index (χ0n) is 10.3. The number of hydrogen-bond acceptors (Lipinski definition) is 2. The standard InChI is InChI=1S/C15H12FIO2/c1-10(13-9-12(16)7-8-14(13)17)19-15(18)11-5-3-2-4-6-11/h2-10H,1H3. The summed E-state index contributed by atoms with van der Waals surface area (Å²) in [7, 11) is 0. The summed E-state index contributed by atoms with van der Waals surface area (Å²) < 4.78 is 19.4. The number of halogens is 2. The van der Waals surface area contributed by atoms with Gasteiger partial charge in [0.05, 0.1) is 5.56 Å². The molecule has 0 aliphatic rings. The van der Waals surface area contributed by atoms with Crippen LogP contribution in [0, 0.1) is 9.39 Å². The summed E-state index contributed by atoms with van der Waals surface area (Å²) in [5.74, 6) is -0.744. The van der Waals surface area contributed by atoms with E-state index in [9.17, 15) is 9.18 Å². The molecule has 1 atom stereocenters. The fraction of sp³-hybridized carbons (Fsp3) is 0.133. The smallest absolute Gasteiger partial charge is 0.338 e. The minimum absolute atomic E-state index is 0.335. The lowest BCUT2D eigenvalue weighted by Crippen LogP contribution is -2.10. The van der Waals surface area contributed by atoms with E-state index in [1.165, 1.54) is 12.1 Å². The van der Waals surface area contributed by atoms with Crippen LogP contribution in [0.3, 0.4) is 0 Å². The van der Waals surface area contributed by atoms with Crippen molar-refractivity contribution in [3.8, 4) is 0 Å². The molecule has 2 rings (SSSR count). The summed E-state index contributed by atoms with van der Waals surface area (Å²) in [5.41, 5.74) is 1.16. The quantitative estimate of drug-likeness (QED) is 0.593. The van der Waals surface area contributed by atoms with Crippen LogP contribution in [-0.4, -0.2) is 5.97 Å². The molecule has 0 heterocycles. The minimum Gasteiger partial charge on any atom is -0.454 e. The summed E-state index contributed by atoms with van der Waals surface area (Å²) in [6, 6.07) is 13.2. The van der Waals surface area contributed by atoms with Gasteiger partial charge in [-0.15, -0.1) is 0 Å². The molecule has 0 aromatic heterocycles. The highest BCUT2D eigenvalue weighted by Crippen LogP contribution is 2.24. The molecule has 0 amide bonds. The van der Waals surface area contributed by atoms with Gasteiger partial charge in [-0.2, -0.15) is 0 Å². The van der Waals surface area contributed by atoms with E-state index in [0.29, 0.717) is 11.1 Å². The molecule has 0 saturated heterocycles. The first-order valence-corrected chi connectivity index (χ1v) is 6.87. The maximum atomic E-state index is 13.2. The lowest BCUT2D eigenvalue weighted by molar-refractivity contribution is 0.0335. The van der Waals surface area contributed by atoms with Gasteiger partial charge in [0.15, 0.2) is 0 Å². The average Bonchev–Trinajstić information content (AvgIpc) is 2.42. The van der Waals surface area contributed by atoms with E-state index in [1.54, 1.807) is 37.3 Å². The van der Waals surface area contributed by atoms with Crippen molar-refractivity contribution in [3.05, 3.63) is 69.0 Å². The van der Waals surface area contributed by atoms with Gasteiger partial charge in [0, 0.05) is 9.13 Å². The molecule has 0 aliphatic carbocycles. The van der Waals surface area contributed by atoms with Crippen LogP contribution < -0.4 is 0 Å². The molecule has 0 bridgehead atoms. The lowest BCUT2D eigenvalue weighted by atomic mass is 10.1. The van der Waals surface area contributed by atoms with Crippen molar-refractivity contribution in [2.24, 2.45) is 0 Å². The van der Waals surface area contributed by atoms with Crippen molar-refractivity contribution in [2.45, 2.75) is 13.0 Å². The van der Waals surface area contributed by atoms with E-state index >= 15 is 0 Å². The van der Waals surface area contributed by atoms with Crippen molar-refractivity contribution in [3.63, 3.8) is 0 Å². The summed E-state index contributed by atoms with van der Waals surface area (Å²) in [6.07, 6.45) is -0.490. The largest absolute Gasteiger partial charge is 0.454 e. The molecular weight excluding hydrogens is 358 g/mol. The number of rotatable bonds is 3. The van der Waals surface area contributed by atoms with Crippen LogP contribution in [0.15, 0.2) is 48.5 Å². The monoisotopic (exact) mass is 370 g/mol. The second kappa shape index (κ2) is 6.14. The molecule has 4 heteroatoms. The highest BCUT2D eigenvalue weighted by atomic mass is 127. The maximum absolute atomic E-state index is 13.2. The number of benzene rings is 2. The van der Waals surface area contributed by atoms with Gasteiger partial charge >= 0.3 is 5.97 Å². The maximum Gasteiger partial charge on any atom is 0.338 e. The lowest BCUT2D eigenvalue weighted by Gasteiger charge is -2.15. The zero-order valence-corrected chi connectivity index (χ0v) is 12.4. The van der Waals surface area contributed by atoms with Gasteiger partial charge in [-0.3, -0.25) is 0 Å². The van der Waals surface area contributed by atoms with Gasteiger partial charge in [-0.1, -0.05) is 18.2 Å². The van der Waals surface area contributed by atoms with Crippen molar-refractivity contribution >= 4 is 28.6 Å². The summed E-state index contributed by atoms with van der Waals surface area (Å²) >= 11 is 2.10. The Balaban J connectivity index is 2.15. The normalized spacial score (nSPS) is 11.9. The number of carbonyl (C=O) groups is 1. The molecule has 0 aliphatic heterocycles. The highest BCUT2D eigenvalue weighted by Gasteiger charge is 2.16. The van der Waals surface area contributed by atoms with Gasteiger partial charge in [0.25, 0.3) is 0 Å². The Morgan fingerprint density at radius 2 is 1.89 bits per heavy atom. The van der Waals surface area contributed by atoms with Crippen LogP contribution in [0.2, 0.25) is 0 Å². The van der Waals surface area contributed by atoms with Crippen LogP contribution in [0.25, 0.3) is 0 Å². The summed E-state index contributed by atoms with van der Waals surface area (Å²) in [5, 5.41) is 0. The van der Waals surface area contributed by atoms with E-state index < -0.39 is 12.1 Å². The molecular formula is C15H12FIO2. The third-order valence-electron chi connectivity index (χ3n) is 2.69. The fourth-order valence-corrected chi connectivity index (χ4v) is 2.47. The Bertz CT molecular complexity index is 584. The van der Waals surface area contributed by atoms with Gasteiger partial charge in [0.2, 0.25) is 0 Å². The predicted molar refractivity (Wildman–Crippen MR) is 79.4 cm³/mol. The summed E-state index contributed by atoms with van der Waals surface area (Å²) in [4.78, 5) is 11.9. The van der Waals surface area contributed by atoms with E-state index in [-0.39, 0.29) is 5.82 Å². The average molecular weight is 370 g/mol. The minimum atomic E-state index is -0.490. The molecule has 0 spiro atoms. The Morgan fingerprint density at radius 1 is 1.21 bits per heavy atom. The van der Waals surface area contributed by atoms with Crippen LogP contribution >= 0.6 is 22.6 Å². The zero-order chi connectivity index (χ0) is 13.8. The van der Waals surface area contributed by atoms with Crippen molar-refractivity contribution in [1.29, 1.82) is 0 Å². The molecule has 2 nitrogen and oxygen atoms in total. The molecule has 19 heavy (non-hydrogen) atoms. The number of ether oxygens (including phenoxy) is 1. The van der Waals surface area contributed by atoms with E-state index in [4.69, 9.17) is 4.74 Å². The first-order valence-electron chi connectivity index (χ1n) is 5.79. The molecule has 98 valence electrons. The topological polar surface area (TPSA) is 26.3 Å². The van der Waals surface area contributed by atoms with Crippen LogP contribution in [0.1, 0.15) is 28.9 Å². The van der Waals surface area contributed by atoms with Crippen LogP contribution in [-0.2, 0) is 4.74 Å². The Labute approximate surface area is 124 Å². The molecule has 0 saturated carbocycles. The van der Waals surface area contributed by atoms with E-state index in [2.05, 4.69) is 22.6 Å². The first kappa shape index (κ1) is 14.0. The number of hydrogen-bond donors (Lipinski definition) is 0. The van der Waals surface area contributed by atoms with Gasteiger partial charge in [0.1, 0.15) is 11.9 Å². The van der Waals surface area contributed by atoms with Crippen LogP contribution in [0.5, 0.6) is 0 Å². The Hall–Kier alpha value is -1.43. The first-order chi connectivity index (χ1) is 9.08. The fourth-order valence-electron chi connectivity index (χ4n) is 1.69. The van der Waals surface area contributed by atoms with Crippen LogP contribution in [0.4, 0.5) is 4.39 Å². The second-order valence-electron chi connectivity index (χ2n) is 4.08. The molecule has 0 N–H and O–H groups in total. The Morgan fingerprint density at radius 3 is 2.58 bits per heavy atom. The van der Waals surface area contributed by atoms with Crippen molar-refractivity contribution < 1.29 is 13.9 Å². The third kappa shape index (κ3) is 3.53. The van der Waals surface area contributed by atoms with E-state index in [0.717, 1.165) is 3.57 Å². The number of carbonyl (C=O) groups excluding carboxylic acids is 1. The van der Waals surface area contributed by atoms with Crippen molar-refractivity contribution in [1.82, 2.24) is 0 Å². The Kier molecular flexibility index (Phi) is 4.52. The molecule has 2 aromatic rings. The third-order valence-corrected chi connectivity index (χ3v) is 3.67. The SMILES string of the molecule is CC(OC(=O)c1ccccc1)c1cc(F)ccc1I. The second-order valence-corrected chi connectivity index (χ2v) is 5.24. The molecule has 0 fully saturated rings. The summed E-state index contributed by atoms with van der Waals surface area (Å²) in [6.45, 7) is 1.73. The predicted octanol–water partition coefficient (Wildman–Crippen LogP) is 4.35. The van der Waals surface area contributed by atoms with E-state index in [1.807, 2.05) is 6.07 Å². The molecule has 2 aromatic carbocycles. The van der Waals surface area contributed by atoms with Gasteiger partial charge in [-0.25, -0.2) is 9.18 Å². The number of esters is 1. The molecule has 0 radical (unpaired) electrons. The highest BCUT2D eigenvalue weighted by molar-refractivity contribution is 14.1. The van der Waals surface area contributed by atoms with Gasteiger partial charge in [-0.05, 0) is 59.8 Å². The molecule has 1 unspecified atom stereocenters. The van der Waals surface area contributed by atoms with Gasteiger partial charge < -0.3 is 4.74 Å². The van der Waals surface area contributed by atoms with Crippen molar-refractivity contribution in [2.75, 3.05) is 0 Å².